The molecule has 0 spiro atoms. The Kier molecular flexibility index (Phi) is 3.67. The van der Waals surface area contributed by atoms with E-state index in [0.717, 1.165) is 10.0 Å². The average molecular weight is 321 g/mol. The van der Waals surface area contributed by atoms with Crippen LogP contribution in [-0.2, 0) is 0 Å². The topological polar surface area (TPSA) is 74.7 Å². The Balaban J connectivity index is 2.37. The van der Waals surface area contributed by atoms with Crippen molar-refractivity contribution in [2.45, 2.75) is 6.92 Å². The lowest BCUT2D eigenvalue weighted by molar-refractivity contribution is 0.624. The van der Waals surface area contributed by atoms with E-state index < -0.39 is 5.82 Å². The standard InChI is InChI=1S/C13H10BrFN4/c1-7-11(17)6-18-13(12(7)14)19-9-2-3-10(15)8(4-9)5-16/h2-4,6H,17H2,1H3,(H,18,19). The molecule has 4 nitrogen and oxygen atoms in total. The summed E-state index contributed by atoms with van der Waals surface area (Å²) in [5, 5.41) is 11.8. The Morgan fingerprint density at radius 2 is 2.21 bits per heavy atom. The molecule has 6 heteroatoms. The summed E-state index contributed by atoms with van der Waals surface area (Å²) in [7, 11) is 0. The van der Waals surface area contributed by atoms with Crippen LogP contribution in [0.3, 0.4) is 0 Å². The summed E-state index contributed by atoms with van der Waals surface area (Å²) >= 11 is 3.39. The van der Waals surface area contributed by atoms with E-state index in [1.54, 1.807) is 6.07 Å². The molecule has 0 aliphatic heterocycles. The molecule has 0 aliphatic carbocycles. The average Bonchev–Trinajstić information content (AvgIpc) is 2.41. The third kappa shape index (κ3) is 2.66. The van der Waals surface area contributed by atoms with E-state index in [2.05, 4.69) is 26.2 Å². The largest absolute Gasteiger partial charge is 0.397 e. The van der Waals surface area contributed by atoms with Gasteiger partial charge in [0.15, 0.2) is 0 Å². The van der Waals surface area contributed by atoms with Crippen LogP contribution < -0.4 is 11.1 Å². The summed E-state index contributed by atoms with van der Waals surface area (Å²) in [6, 6.07) is 5.99. The molecule has 1 aromatic heterocycles. The molecule has 0 fully saturated rings. The highest BCUT2D eigenvalue weighted by molar-refractivity contribution is 9.10. The Morgan fingerprint density at radius 3 is 2.89 bits per heavy atom. The Hall–Kier alpha value is -2.13. The van der Waals surface area contributed by atoms with Crippen LogP contribution in [0.4, 0.5) is 21.6 Å². The maximum absolute atomic E-state index is 13.2. The van der Waals surface area contributed by atoms with Crippen LogP contribution in [0.2, 0.25) is 0 Å². The third-order valence-corrected chi connectivity index (χ3v) is 3.62. The number of rotatable bonds is 2. The molecule has 1 aromatic carbocycles. The zero-order valence-electron chi connectivity index (χ0n) is 10.0. The first-order valence-electron chi connectivity index (χ1n) is 5.40. The van der Waals surface area contributed by atoms with Crippen LogP contribution in [0.5, 0.6) is 0 Å². The van der Waals surface area contributed by atoms with Crippen LogP contribution >= 0.6 is 15.9 Å². The highest BCUT2D eigenvalue weighted by Crippen LogP contribution is 2.30. The second-order valence-corrected chi connectivity index (χ2v) is 4.73. The summed E-state index contributed by atoms with van der Waals surface area (Å²) < 4.78 is 13.9. The van der Waals surface area contributed by atoms with Crippen molar-refractivity contribution in [2.24, 2.45) is 0 Å². The summed E-state index contributed by atoms with van der Waals surface area (Å²) in [6.07, 6.45) is 1.54. The van der Waals surface area contributed by atoms with Gasteiger partial charge in [-0.25, -0.2) is 9.37 Å². The van der Waals surface area contributed by atoms with E-state index in [1.165, 1.54) is 24.4 Å². The summed E-state index contributed by atoms with van der Waals surface area (Å²) in [4.78, 5) is 4.15. The van der Waals surface area contributed by atoms with Crippen LogP contribution in [0.1, 0.15) is 11.1 Å². The molecule has 3 N–H and O–H groups in total. The minimum absolute atomic E-state index is 0.0201. The van der Waals surface area contributed by atoms with Crippen molar-refractivity contribution in [3.8, 4) is 6.07 Å². The zero-order valence-corrected chi connectivity index (χ0v) is 11.6. The molecule has 0 aliphatic rings. The van der Waals surface area contributed by atoms with Gasteiger partial charge in [0.1, 0.15) is 17.7 Å². The monoisotopic (exact) mass is 320 g/mol. The molecule has 2 aromatic rings. The van der Waals surface area contributed by atoms with Gasteiger partial charge in [0.25, 0.3) is 0 Å². The SMILES string of the molecule is Cc1c(N)cnc(Nc2ccc(F)c(C#N)c2)c1Br. The number of benzene rings is 1. The molecule has 0 saturated heterocycles. The van der Waals surface area contributed by atoms with Gasteiger partial charge in [-0.2, -0.15) is 5.26 Å². The Morgan fingerprint density at radius 1 is 1.47 bits per heavy atom. The first-order valence-corrected chi connectivity index (χ1v) is 6.19. The van der Waals surface area contributed by atoms with Crippen molar-refractivity contribution < 1.29 is 4.39 Å². The van der Waals surface area contributed by atoms with Gasteiger partial charge < -0.3 is 11.1 Å². The van der Waals surface area contributed by atoms with Gasteiger partial charge >= 0.3 is 0 Å². The van der Waals surface area contributed by atoms with E-state index in [0.29, 0.717) is 17.2 Å². The highest BCUT2D eigenvalue weighted by atomic mass is 79.9. The first kappa shape index (κ1) is 13.3. The van der Waals surface area contributed by atoms with Crippen molar-refractivity contribution in [3.05, 3.63) is 45.8 Å². The molecular weight excluding hydrogens is 311 g/mol. The van der Waals surface area contributed by atoms with Gasteiger partial charge in [0.2, 0.25) is 0 Å². The minimum atomic E-state index is -0.548. The number of anilines is 3. The van der Waals surface area contributed by atoms with Crippen molar-refractivity contribution >= 4 is 33.1 Å². The summed E-state index contributed by atoms with van der Waals surface area (Å²) in [5.41, 5.74) is 7.73. The van der Waals surface area contributed by atoms with Crippen molar-refractivity contribution in [2.75, 3.05) is 11.1 Å². The molecule has 0 amide bonds. The third-order valence-electron chi connectivity index (χ3n) is 2.65. The lowest BCUT2D eigenvalue weighted by Crippen LogP contribution is -2.00. The minimum Gasteiger partial charge on any atom is -0.397 e. The Labute approximate surface area is 118 Å². The van der Waals surface area contributed by atoms with Crippen LogP contribution in [0.25, 0.3) is 0 Å². The number of pyridine rings is 1. The van der Waals surface area contributed by atoms with E-state index in [4.69, 9.17) is 11.0 Å². The number of nitrogens with one attached hydrogen (secondary N) is 1. The fraction of sp³-hybridized carbons (Fsp3) is 0.0769. The number of nitriles is 1. The van der Waals surface area contributed by atoms with Crippen molar-refractivity contribution in [3.63, 3.8) is 0 Å². The fourth-order valence-electron chi connectivity index (χ4n) is 1.50. The van der Waals surface area contributed by atoms with E-state index in [9.17, 15) is 4.39 Å². The fourth-order valence-corrected chi connectivity index (χ4v) is 1.93. The highest BCUT2D eigenvalue weighted by Gasteiger charge is 2.09. The number of hydrogen-bond acceptors (Lipinski definition) is 4. The van der Waals surface area contributed by atoms with Crippen LogP contribution in [0, 0.1) is 24.1 Å². The predicted octanol–water partition coefficient (Wildman–Crippen LogP) is 3.49. The number of hydrogen-bond donors (Lipinski definition) is 2. The second kappa shape index (κ2) is 5.24. The lowest BCUT2D eigenvalue weighted by Gasteiger charge is -2.11. The molecule has 0 radical (unpaired) electrons. The van der Waals surface area contributed by atoms with Gasteiger partial charge in [0, 0.05) is 5.69 Å². The van der Waals surface area contributed by atoms with Crippen molar-refractivity contribution in [1.82, 2.24) is 4.98 Å². The molecule has 0 unspecified atom stereocenters. The maximum Gasteiger partial charge on any atom is 0.145 e. The first-order chi connectivity index (χ1) is 9.02. The van der Waals surface area contributed by atoms with Gasteiger partial charge in [-0.3, -0.25) is 0 Å². The van der Waals surface area contributed by atoms with Gasteiger partial charge in [-0.05, 0) is 46.6 Å². The number of aromatic nitrogens is 1. The molecule has 0 saturated carbocycles. The molecule has 2 rings (SSSR count). The van der Waals surface area contributed by atoms with Crippen molar-refractivity contribution in [1.29, 1.82) is 5.26 Å². The number of nitrogens with zero attached hydrogens (tertiary/aromatic N) is 2. The Bertz CT molecular complexity index is 679. The molecular formula is C13H10BrFN4. The second-order valence-electron chi connectivity index (χ2n) is 3.93. The molecule has 0 bridgehead atoms. The number of nitrogens with two attached hydrogens (primary N) is 1. The van der Waals surface area contributed by atoms with E-state index in [1.807, 2.05) is 6.92 Å². The normalized spacial score (nSPS) is 10.0. The molecule has 0 atom stereocenters. The maximum atomic E-state index is 13.2. The van der Waals surface area contributed by atoms with Gasteiger partial charge in [-0.15, -0.1) is 0 Å². The molecule has 19 heavy (non-hydrogen) atoms. The van der Waals surface area contributed by atoms with Crippen LogP contribution in [-0.4, -0.2) is 4.98 Å². The molecule has 96 valence electrons. The number of halogens is 2. The van der Waals surface area contributed by atoms with Crippen LogP contribution in [0.15, 0.2) is 28.9 Å². The van der Waals surface area contributed by atoms with Gasteiger partial charge in [-0.1, -0.05) is 0 Å². The number of nitrogen functional groups attached to an aromatic ring is 1. The van der Waals surface area contributed by atoms with E-state index in [-0.39, 0.29) is 5.56 Å². The lowest BCUT2D eigenvalue weighted by atomic mass is 10.2. The molecule has 1 heterocycles. The summed E-state index contributed by atoms with van der Waals surface area (Å²) in [6.45, 7) is 1.86. The zero-order chi connectivity index (χ0) is 14.0. The quantitative estimate of drug-likeness (QED) is 0.888. The smallest absolute Gasteiger partial charge is 0.145 e. The summed E-state index contributed by atoms with van der Waals surface area (Å²) in [5.74, 6) is 0.00996. The van der Waals surface area contributed by atoms with Gasteiger partial charge in [0.05, 0.1) is 21.9 Å². The predicted molar refractivity (Wildman–Crippen MR) is 75.5 cm³/mol. The van der Waals surface area contributed by atoms with E-state index >= 15 is 0 Å².